The quantitative estimate of drug-likeness (QED) is 0.145. The molecule has 3 aromatic carbocycles. The number of benzene rings is 3. The molecule has 0 saturated heterocycles. The Hall–Kier alpha value is -4.52. The maximum Gasteiger partial charge on any atom is 0.416 e. The van der Waals surface area contributed by atoms with Crippen molar-refractivity contribution in [2.75, 3.05) is 0 Å². The van der Waals surface area contributed by atoms with Crippen molar-refractivity contribution in [3.63, 3.8) is 0 Å². The predicted octanol–water partition coefficient (Wildman–Crippen LogP) is 7.50. The van der Waals surface area contributed by atoms with Gasteiger partial charge in [-0.2, -0.15) is 32.9 Å². The lowest BCUT2D eigenvalue weighted by atomic mass is 10.0. The summed E-state index contributed by atoms with van der Waals surface area (Å²) in [5.74, 6) is 0. The van der Waals surface area contributed by atoms with Crippen LogP contribution in [-0.2, 0) is 12.4 Å². The van der Waals surface area contributed by atoms with E-state index in [1.54, 1.807) is 24.3 Å². The zero-order valence-corrected chi connectivity index (χ0v) is 18.0. The summed E-state index contributed by atoms with van der Waals surface area (Å²) < 4.78 is 78.6. The normalized spacial score (nSPS) is 13.9. The molecule has 4 aromatic rings. The van der Waals surface area contributed by atoms with E-state index in [1.807, 2.05) is 0 Å². The number of hydrogen-bond donors (Lipinski definition) is 0. The second-order valence-corrected chi connectivity index (χ2v) is 7.86. The van der Waals surface area contributed by atoms with Crippen molar-refractivity contribution in [3.8, 4) is 33.8 Å². The number of halogens is 6. The van der Waals surface area contributed by atoms with Gasteiger partial charge < -0.3 is 0 Å². The lowest BCUT2D eigenvalue weighted by molar-refractivity contribution is -0.138. The number of rotatable bonds is 2. The molecule has 1 aliphatic carbocycles. The summed E-state index contributed by atoms with van der Waals surface area (Å²) in [5.41, 5.74) is 1.31. The third-order valence-corrected chi connectivity index (χ3v) is 5.68. The van der Waals surface area contributed by atoms with Crippen molar-refractivity contribution in [1.29, 1.82) is 0 Å². The van der Waals surface area contributed by atoms with E-state index in [2.05, 4.69) is 20.0 Å². The highest BCUT2D eigenvalue weighted by atomic mass is 19.4. The zero-order chi connectivity index (χ0) is 25.7. The second kappa shape index (κ2) is 8.30. The van der Waals surface area contributed by atoms with Crippen molar-refractivity contribution in [2.45, 2.75) is 12.4 Å². The van der Waals surface area contributed by atoms with Crippen LogP contribution in [0.3, 0.4) is 0 Å². The van der Waals surface area contributed by atoms with E-state index in [0.717, 1.165) is 24.3 Å². The topological polar surface area (TPSA) is 42.5 Å². The van der Waals surface area contributed by atoms with Crippen LogP contribution in [0.4, 0.5) is 26.3 Å². The van der Waals surface area contributed by atoms with Gasteiger partial charge in [0.25, 0.3) is 0 Å². The van der Waals surface area contributed by atoms with Crippen LogP contribution in [-0.4, -0.2) is 15.7 Å². The maximum atomic E-state index is 13.1. The van der Waals surface area contributed by atoms with E-state index < -0.39 is 23.5 Å². The van der Waals surface area contributed by atoms with Crippen LogP contribution in [0.5, 0.6) is 0 Å². The molecule has 0 fully saturated rings. The summed E-state index contributed by atoms with van der Waals surface area (Å²) >= 11 is 0. The molecule has 4 nitrogen and oxygen atoms in total. The molecule has 0 spiro atoms. The molecule has 0 atom stereocenters. The van der Waals surface area contributed by atoms with Crippen molar-refractivity contribution >= 4 is 5.71 Å². The van der Waals surface area contributed by atoms with Gasteiger partial charge in [-0.15, -0.1) is 4.95 Å². The minimum atomic E-state index is -4.55. The van der Waals surface area contributed by atoms with Gasteiger partial charge in [-0.05, 0) is 24.3 Å². The first-order valence-corrected chi connectivity index (χ1v) is 10.4. The van der Waals surface area contributed by atoms with Crippen molar-refractivity contribution in [3.05, 3.63) is 107 Å². The van der Waals surface area contributed by atoms with Crippen LogP contribution < -0.4 is 0 Å². The number of nitrogens with zero attached hydrogens (tertiary/aromatic N) is 4. The molecular formula is C26H12F6N4. The van der Waals surface area contributed by atoms with Crippen LogP contribution >= 0.6 is 0 Å². The summed E-state index contributed by atoms with van der Waals surface area (Å²) in [7, 11) is 0. The Bertz CT molecular complexity index is 1540. The molecule has 0 saturated carbocycles. The number of fused-ring (bicyclic) bond motifs is 3. The van der Waals surface area contributed by atoms with Crippen molar-refractivity contribution in [1.82, 2.24) is 9.97 Å². The van der Waals surface area contributed by atoms with E-state index in [9.17, 15) is 26.3 Å². The van der Waals surface area contributed by atoms with Gasteiger partial charge in [-0.25, -0.2) is 9.97 Å². The van der Waals surface area contributed by atoms with E-state index in [1.165, 1.54) is 24.3 Å². The summed E-state index contributed by atoms with van der Waals surface area (Å²) in [5, 5.41) is 3.86. The van der Waals surface area contributed by atoms with Crippen LogP contribution in [0.1, 0.15) is 22.4 Å². The predicted molar refractivity (Wildman–Crippen MR) is 121 cm³/mol. The molecule has 10 heteroatoms. The molecular weight excluding hydrogens is 482 g/mol. The number of hydrogen-bond acceptors (Lipinski definition) is 3. The molecule has 0 unspecified atom stereocenters. The molecule has 1 aromatic heterocycles. The lowest BCUT2D eigenvalue weighted by Crippen LogP contribution is -2.06. The Morgan fingerprint density at radius 3 is 1.47 bits per heavy atom. The monoisotopic (exact) mass is 494 g/mol. The highest BCUT2D eigenvalue weighted by Crippen LogP contribution is 2.41. The lowest BCUT2D eigenvalue weighted by Gasteiger charge is -2.13. The third-order valence-electron chi connectivity index (χ3n) is 5.68. The first-order valence-electron chi connectivity index (χ1n) is 10.4. The number of alkyl halides is 6. The number of aromatic nitrogens is 2. The molecule has 1 aliphatic rings. The molecule has 0 bridgehead atoms. The van der Waals surface area contributed by atoms with Crippen molar-refractivity contribution < 1.29 is 26.3 Å². The molecule has 0 amide bonds. The highest BCUT2D eigenvalue weighted by molar-refractivity contribution is 6.23. The molecule has 1 heterocycles. The Balaban J connectivity index is 1.76. The van der Waals surface area contributed by atoms with E-state index in [4.69, 9.17) is 6.57 Å². The van der Waals surface area contributed by atoms with Crippen LogP contribution in [0, 0.1) is 6.57 Å². The average molecular weight is 494 g/mol. The third kappa shape index (κ3) is 3.98. The minimum absolute atomic E-state index is 0.146. The molecule has 0 aliphatic heterocycles. The summed E-state index contributed by atoms with van der Waals surface area (Å²) in [6, 6.07) is 15.5. The Kier molecular flexibility index (Phi) is 5.36. The van der Waals surface area contributed by atoms with Gasteiger partial charge in [-0.1, -0.05) is 48.5 Å². The van der Waals surface area contributed by atoms with E-state index in [-0.39, 0.29) is 28.4 Å². The molecule has 0 radical (unpaired) electrons. The summed E-state index contributed by atoms with van der Waals surface area (Å²) in [4.78, 5) is 12.4. The Labute approximate surface area is 200 Å². The van der Waals surface area contributed by atoms with Gasteiger partial charge in [0.1, 0.15) is 5.69 Å². The molecule has 5 rings (SSSR count). The largest absolute Gasteiger partial charge is 0.416 e. The maximum absolute atomic E-state index is 13.1. The standard InChI is InChI=1S/C26H12F6N4/c1-33-36-23-19-5-3-2-4-18(19)22-24(23)35-21(15-8-12-17(13-9-15)26(30,31)32)20(34-22)14-6-10-16(11-7-14)25(27,28)29/h2-13H/b36-23-. The smallest absolute Gasteiger partial charge is 0.243 e. The zero-order valence-electron chi connectivity index (χ0n) is 18.0. The molecule has 36 heavy (non-hydrogen) atoms. The van der Waals surface area contributed by atoms with Gasteiger partial charge >= 0.3 is 12.4 Å². The average Bonchev–Trinajstić information content (AvgIpc) is 3.15. The van der Waals surface area contributed by atoms with Gasteiger partial charge in [0.15, 0.2) is 5.71 Å². The Morgan fingerprint density at radius 1 is 0.583 bits per heavy atom. The molecule has 0 N–H and O–H groups in total. The summed E-state index contributed by atoms with van der Waals surface area (Å²) in [6.45, 7) is 7.19. The van der Waals surface area contributed by atoms with Crippen LogP contribution in [0.25, 0.3) is 38.7 Å². The highest BCUT2D eigenvalue weighted by Gasteiger charge is 2.34. The summed E-state index contributed by atoms with van der Waals surface area (Å²) in [6.07, 6.45) is -9.09. The fraction of sp³-hybridized carbons (Fsp3) is 0.0769. The molecule has 178 valence electrons. The van der Waals surface area contributed by atoms with E-state index >= 15 is 0 Å². The first-order chi connectivity index (χ1) is 17.1. The van der Waals surface area contributed by atoms with Gasteiger partial charge in [0, 0.05) is 22.3 Å². The second-order valence-electron chi connectivity index (χ2n) is 7.86. The van der Waals surface area contributed by atoms with Crippen LogP contribution in [0.15, 0.2) is 77.9 Å². The van der Waals surface area contributed by atoms with Gasteiger partial charge in [-0.3, -0.25) is 0 Å². The SMILES string of the molecule is [C-]#[N+]/N=C1/c2ccccc2-c2nc(-c3ccc(C(F)(F)F)cc3)c(-c3ccc(C(F)(F)F)cc3)nc21. The fourth-order valence-corrected chi connectivity index (χ4v) is 4.00. The first kappa shape index (κ1) is 23.2. The minimum Gasteiger partial charge on any atom is -0.243 e. The Morgan fingerprint density at radius 2 is 1.03 bits per heavy atom. The van der Waals surface area contributed by atoms with Crippen LogP contribution in [0.2, 0.25) is 0 Å². The van der Waals surface area contributed by atoms with E-state index in [0.29, 0.717) is 22.4 Å². The fourth-order valence-electron chi connectivity index (χ4n) is 4.00. The van der Waals surface area contributed by atoms with Crippen molar-refractivity contribution in [2.24, 2.45) is 5.10 Å². The van der Waals surface area contributed by atoms with Gasteiger partial charge in [0.05, 0.1) is 33.3 Å². The van der Waals surface area contributed by atoms with Gasteiger partial charge in [0.2, 0.25) is 0 Å².